The summed E-state index contributed by atoms with van der Waals surface area (Å²) >= 11 is 0. The lowest BCUT2D eigenvalue weighted by Gasteiger charge is -2.19. The molecule has 4 heteroatoms. The van der Waals surface area contributed by atoms with Crippen LogP contribution in [0.2, 0.25) is 0 Å². The number of carbonyl (C=O) groups excluding carboxylic acids is 1. The summed E-state index contributed by atoms with van der Waals surface area (Å²) in [5.41, 5.74) is 1.61. The summed E-state index contributed by atoms with van der Waals surface area (Å²) in [4.78, 5) is 14.6. The highest BCUT2D eigenvalue weighted by atomic mass is 16.2. The second-order valence-corrected chi connectivity index (χ2v) is 5.20. The number of fused-ring (bicyclic) bond motifs is 1. The number of hydrogen-bond donors (Lipinski definition) is 0. The summed E-state index contributed by atoms with van der Waals surface area (Å²) in [6.45, 7) is 1.73. The fourth-order valence-electron chi connectivity index (χ4n) is 2.80. The van der Waals surface area contributed by atoms with Crippen LogP contribution in [0.25, 0.3) is 10.9 Å². The third-order valence-electron chi connectivity index (χ3n) is 3.85. The van der Waals surface area contributed by atoms with E-state index in [2.05, 4.69) is 5.10 Å². The molecule has 1 saturated heterocycles. The van der Waals surface area contributed by atoms with Gasteiger partial charge in [0.25, 0.3) is 5.91 Å². The molecule has 0 spiro atoms. The average molecular weight is 257 g/mol. The largest absolute Gasteiger partial charge is 0.337 e. The molecule has 0 N–H and O–H groups in total. The lowest BCUT2D eigenvalue weighted by atomic mass is 10.2. The Morgan fingerprint density at radius 2 is 1.79 bits per heavy atom. The molecule has 1 aromatic carbocycles. The molecule has 3 rings (SSSR count). The zero-order valence-corrected chi connectivity index (χ0v) is 11.3. The number of amides is 1. The molecule has 1 aliphatic rings. The molecule has 0 saturated carbocycles. The van der Waals surface area contributed by atoms with Crippen LogP contribution in [0.5, 0.6) is 0 Å². The highest BCUT2D eigenvalue weighted by Crippen LogP contribution is 2.20. The lowest BCUT2D eigenvalue weighted by molar-refractivity contribution is 0.0757. The Bertz CT molecular complexity index is 594. The van der Waals surface area contributed by atoms with Crippen LogP contribution in [-0.4, -0.2) is 33.7 Å². The quantitative estimate of drug-likeness (QED) is 0.787. The van der Waals surface area contributed by atoms with Crippen molar-refractivity contribution in [1.29, 1.82) is 0 Å². The zero-order chi connectivity index (χ0) is 13.2. The standard InChI is InChI=1S/C15H19N3O/c1-17-13-9-5-4-8-12(13)14(16-17)15(19)18-10-6-2-3-7-11-18/h4-5,8-9H,2-3,6-7,10-11H2,1H3. The highest BCUT2D eigenvalue weighted by Gasteiger charge is 2.22. The Morgan fingerprint density at radius 3 is 2.53 bits per heavy atom. The summed E-state index contributed by atoms with van der Waals surface area (Å²) in [5, 5.41) is 5.38. The van der Waals surface area contributed by atoms with Crippen molar-refractivity contribution in [3.05, 3.63) is 30.0 Å². The van der Waals surface area contributed by atoms with Gasteiger partial charge in [0, 0.05) is 25.5 Å². The molecule has 0 aliphatic carbocycles. The molecule has 19 heavy (non-hydrogen) atoms. The van der Waals surface area contributed by atoms with E-state index in [1.54, 1.807) is 4.68 Å². The van der Waals surface area contributed by atoms with Crippen LogP contribution in [0, 0.1) is 0 Å². The molecule has 100 valence electrons. The van der Waals surface area contributed by atoms with Gasteiger partial charge in [-0.3, -0.25) is 9.48 Å². The van der Waals surface area contributed by atoms with Gasteiger partial charge in [-0.15, -0.1) is 0 Å². The van der Waals surface area contributed by atoms with Crippen LogP contribution in [0.1, 0.15) is 36.2 Å². The Hall–Kier alpha value is -1.84. The lowest BCUT2D eigenvalue weighted by Crippen LogP contribution is -2.32. The Labute approximate surface area is 113 Å². The first-order valence-electron chi connectivity index (χ1n) is 6.98. The summed E-state index contributed by atoms with van der Waals surface area (Å²) in [6.07, 6.45) is 4.67. The van der Waals surface area contributed by atoms with E-state index >= 15 is 0 Å². The summed E-state index contributed by atoms with van der Waals surface area (Å²) in [5.74, 6) is 0.0821. The molecular formula is C15H19N3O. The second kappa shape index (κ2) is 5.03. The van der Waals surface area contributed by atoms with E-state index in [9.17, 15) is 4.79 Å². The van der Waals surface area contributed by atoms with Crippen LogP contribution >= 0.6 is 0 Å². The number of benzene rings is 1. The van der Waals surface area contributed by atoms with Crippen LogP contribution in [-0.2, 0) is 7.05 Å². The maximum Gasteiger partial charge on any atom is 0.274 e. The summed E-state index contributed by atoms with van der Waals surface area (Å²) in [6, 6.07) is 7.92. The molecule has 0 unspecified atom stereocenters. The summed E-state index contributed by atoms with van der Waals surface area (Å²) in [7, 11) is 1.89. The molecule has 0 radical (unpaired) electrons. The maximum atomic E-state index is 12.6. The number of aromatic nitrogens is 2. The molecule has 2 aromatic rings. The molecule has 1 aliphatic heterocycles. The first-order chi connectivity index (χ1) is 9.27. The van der Waals surface area contributed by atoms with E-state index in [1.807, 2.05) is 36.2 Å². The minimum atomic E-state index is 0.0821. The first-order valence-corrected chi connectivity index (χ1v) is 6.98. The van der Waals surface area contributed by atoms with Crippen molar-refractivity contribution in [2.75, 3.05) is 13.1 Å². The van der Waals surface area contributed by atoms with Crippen LogP contribution in [0.15, 0.2) is 24.3 Å². The van der Waals surface area contributed by atoms with Crippen molar-refractivity contribution < 1.29 is 4.79 Å². The van der Waals surface area contributed by atoms with Gasteiger partial charge in [-0.1, -0.05) is 31.0 Å². The predicted molar refractivity (Wildman–Crippen MR) is 75.1 cm³/mol. The third kappa shape index (κ3) is 2.23. The zero-order valence-electron chi connectivity index (χ0n) is 11.3. The van der Waals surface area contributed by atoms with Gasteiger partial charge >= 0.3 is 0 Å². The molecule has 0 atom stereocenters. The van der Waals surface area contributed by atoms with Gasteiger partial charge in [0.15, 0.2) is 5.69 Å². The summed E-state index contributed by atoms with van der Waals surface area (Å²) < 4.78 is 1.79. The number of hydrogen-bond acceptors (Lipinski definition) is 2. The van der Waals surface area contributed by atoms with E-state index in [0.29, 0.717) is 5.69 Å². The first kappa shape index (κ1) is 12.2. The van der Waals surface area contributed by atoms with Gasteiger partial charge in [-0.2, -0.15) is 5.10 Å². The minimum absolute atomic E-state index is 0.0821. The number of rotatable bonds is 1. The van der Waals surface area contributed by atoms with Crippen molar-refractivity contribution in [3.8, 4) is 0 Å². The fourth-order valence-corrected chi connectivity index (χ4v) is 2.80. The number of para-hydroxylation sites is 1. The van der Waals surface area contributed by atoms with E-state index in [0.717, 1.165) is 36.8 Å². The number of nitrogens with zero attached hydrogens (tertiary/aromatic N) is 3. The smallest absolute Gasteiger partial charge is 0.274 e. The molecule has 1 fully saturated rings. The number of likely N-dealkylation sites (tertiary alicyclic amines) is 1. The second-order valence-electron chi connectivity index (χ2n) is 5.20. The van der Waals surface area contributed by atoms with Crippen molar-refractivity contribution in [2.45, 2.75) is 25.7 Å². The topological polar surface area (TPSA) is 38.1 Å². The normalized spacial score (nSPS) is 16.6. The van der Waals surface area contributed by atoms with E-state index < -0.39 is 0 Å². The molecule has 1 aromatic heterocycles. The van der Waals surface area contributed by atoms with Gasteiger partial charge in [-0.25, -0.2) is 0 Å². The Kier molecular flexibility index (Phi) is 3.23. The Morgan fingerprint density at radius 1 is 1.11 bits per heavy atom. The van der Waals surface area contributed by atoms with Gasteiger partial charge in [-0.05, 0) is 18.9 Å². The van der Waals surface area contributed by atoms with Gasteiger partial charge in [0.2, 0.25) is 0 Å². The number of aryl methyl sites for hydroxylation is 1. The molecule has 0 bridgehead atoms. The maximum absolute atomic E-state index is 12.6. The SMILES string of the molecule is Cn1nc(C(=O)N2CCCCCC2)c2ccccc21. The Balaban J connectivity index is 1.97. The van der Waals surface area contributed by atoms with Crippen LogP contribution in [0.3, 0.4) is 0 Å². The molecule has 4 nitrogen and oxygen atoms in total. The van der Waals surface area contributed by atoms with E-state index in [1.165, 1.54) is 12.8 Å². The van der Waals surface area contributed by atoms with Crippen molar-refractivity contribution in [1.82, 2.24) is 14.7 Å². The van der Waals surface area contributed by atoms with E-state index in [4.69, 9.17) is 0 Å². The van der Waals surface area contributed by atoms with Crippen molar-refractivity contribution >= 4 is 16.8 Å². The van der Waals surface area contributed by atoms with Crippen molar-refractivity contribution in [2.24, 2.45) is 7.05 Å². The molecule has 2 heterocycles. The average Bonchev–Trinajstić information content (AvgIpc) is 2.64. The van der Waals surface area contributed by atoms with Gasteiger partial charge < -0.3 is 4.90 Å². The molecule has 1 amide bonds. The molecular weight excluding hydrogens is 238 g/mol. The number of carbonyl (C=O) groups is 1. The minimum Gasteiger partial charge on any atom is -0.337 e. The van der Waals surface area contributed by atoms with Crippen LogP contribution < -0.4 is 0 Å². The third-order valence-corrected chi connectivity index (χ3v) is 3.85. The highest BCUT2D eigenvalue weighted by molar-refractivity contribution is 6.04. The fraction of sp³-hybridized carbons (Fsp3) is 0.467. The van der Waals surface area contributed by atoms with Crippen molar-refractivity contribution in [3.63, 3.8) is 0 Å². The predicted octanol–water partition coefficient (Wildman–Crippen LogP) is 2.59. The van der Waals surface area contributed by atoms with Gasteiger partial charge in [0.1, 0.15) is 0 Å². The van der Waals surface area contributed by atoms with Gasteiger partial charge in [0.05, 0.1) is 5.52 Å². The monoisotopic (exact) mass is 257 g/mol. The van der Waals surface area contributed by atoms with E-state index in [-0.39, 0.29) is 5.91 Å². The van der Waals surface area contributed by atoms with Crippen LogP contribution in [0.4, 0.5) is 0 Å².